The molecule has 0 spiro atoms. The number of amides is 2. The van der Waals surface area contributed by atoms with E-state index < -0.39 is 6.04 Å². The molecule has 3 aliphatic rings. The maximum absolute atomic E-state index is 14.0. The van der Waals surface area contributed by atoms with E-state index in [1.165, 1.54) is 14.0 Å². The zero-order chi connectivity index (χ0) is 29.4. The summed E-state index contributed by atoms with van der Waals surface area (Å²) in [6, 6.07) is 3.67. The normalized spacial score (nSPS) is 22.7. The first kappa shape index (κ1) is 28.5. The average Bonchev–Trinajstić information content (AvgIpc) is 3.40. The number of aryl methyl sites for hydroxylation is 1. The zero-order valence-corrected chi connectivity index (χ0v) is 25.4. The highest BCUT2D eigenvalue weighted by atomic mass is 79.9. The van der Waals surface area contributed by atoms with Crippen molar-refractivity contribution in [3.8, 4) is 17.1 Å². The van der Waals surface area contributed by atoms with Crippen molar-refractivity contribution >= 4 is 44.6 Å². The Morgan fingerprint density at radius 2 is 1.88 bits per heavy atom. The molecule has 1 aliphatic carbocycles. The van der Waals surface area contributed by atoms with Crippen LogP contribution in [0.4, 0.5) is 0 Å². The van der Waals surface area contributed by atoms with E-state index in [2.05, 4.69) is 53.0 Å². The molecule has 2 aliphatic heterocycles. The highest BCUT2D eigenvalue weighted by molar-refractivity contribution is 9.08. The first-order chi connectivity index (χ1) is 20.3. The first-order valence-electron chi connectivity index (χ1n) is 14.4. The Kier molecular flexibility index (Phi) is 7.84. The van der Waals surface area contributed by atoms with Gasteiger partial charge in [-0.2, -0.15) is 5.10 Å². The Bertz CT molecular complexity index is 1580. The molecule has 220 valence electrons. The van der Waals surface area contributed by atoms with Crippen LogP contribution in [0.5, 0.6) is 6.01 Å². The third-order valence-corrected chi connectivity index (χ3v) is 8.95. The predicted molar refractivity (Wildman–Crippen MR) is 160 cm³/mol. The molecule has 1 fully saturated rings. The fourth-order valence-electron chi connectivity index (χ4n) is 6.42. The third kappa shape index (κ3) is 5.22. The fraction of sp³-hybridized carbons (Fsp3) is 0.467. The minimum atomic E-state index is -0.618. The van der Waals surface area contributed by atoms with Crippen LogP contribution in [-0.4, -0.2) is 68.5 Å². The van der Waals surface area contributed by atoms with Gasteiger partial charge in [0.1, 0.15) is 18.3 Å². The Morgan fingerprint density at radius 1 is 1.12 bits per heavy atom. The molecule has 6 rings (SSSR count). The molecule has 2 N–H and O–H groups in total. The van der Waals surface area contributed by atoms with Crippen molar-refractivity contribution in [2.45, 2.75) is 64.5 Å². The molecular weight excluding hydrogens is 602 g/mol. The number of halogens is 1. The van der Waals surface area contributed by atoms with E-state index in [1.807, 2.05) is 6.07 Å². The lowest BCUT2D eigenvalue weighted by Crippen LogP contribution is -2.44. The van der Waals surface area contributed by atoms with Crippen LogP contribution in [0.15, 0.2) is 36.3 Å². The maximum atomic E-state index is 14.0. The fourth-order valence-corrected chi connectivity index (χ4v) is 6.68. The summed E-state index contributed by atoms with van der Waals surface area (Å²) < 4.78 is 9.33. The zero-order valence-electron chi connectivity index (χ0n) is 23.8. The number of hydrogen-bond donors (Lipinski definition) is 2. The van der Waals surface area contributed by atoms with Crippen molar-refractivity contribution in [1.82, 2.24) is 34.3 Å². The van der Waals surface area contributed by atoms with E-state index in [4.69, 9.17) is 4.74 Å². The minimum Gasteiger partial charge on any atom is -0.467 e. The molecule has 1 saturated heterocycles. The number of ketones is 1. The highest BCUT2D eigenvalue weighted by Crippen LogP contribution is 2.56. The van der Waals surface area contributed by atoms with Gasteiger partial charge in [0.05, 0.1) is 12.6 Å². The summed E-state index contributed by atoms with van der Waals surface area (Å²) >= 11 is 3.07. The van der Waals surface area contributed by atoms with Gasteiger partial charge < -0.3 is 15.0 Å². The van der Waals surface area contributed by atoms with Crippen LogP contribution < -0.4 is 14.4 Å². The molecule has 2 aromatic heterocycles. The number of Topliss-reactive ketones (excluding diaryl/α,β-unsaturated/α-hetero) is 1. The van der Waals surface area contributed by atoms with Gasteiger partial charge in [0.25, 0.3) is 5.91 Å². The van der Waals surface area contributed by atoms with E-state index in [0.29, 0.717) is 24.0 Å². The summed E-state index contributed by atoms with van der Waals surface area (Å²) in [5.41, 5.74) is 4.35. The van der Waals surface area contributed by atoms with Gasteiger partial charge in [-0.3, -0.25) is 23.4 Å². The van der Waals surface area contributed by atoms with E-state index in [0.717, 1.165) is 73.0 Å². The summed E-state index contributed by atoms with van der Waals surface area (Å²) in [7, 11) is 1.52. The predicted octanol–water partition coefficient (Wildman–Crippen LogP) is 3.71. The molecule has 2 amide bonds. The molecule has 0 saturated carbocycles. The topological polar surface area (TPSA) is 131 Å². The number of aromatic nitrogens is 4. The van der Waals surface area contributed by atoms with Crippen molar-refractivity contribution in [3.63, 3.8) is 0 Å². The van der Waals surface area contributed by atoms with Gasteiger partial charge in [-0.15, -0.1) is 0 Å². The number of nitrogens with zero attached hydrogens (tertiary/aromatic N) is 5. The molecule has 2 bridgehead atoms. The SMILES string of the molecule is COc1ncc(-c2cc3c4c(c2)c(C(C)=O)nn4CC(=O)N2C4=C[C@]4(CNCCCCCCC3)C[C@H]2C(=O)NBr)cn1. The molecule has 0 unspecified atom stereocenters. The van der Waals surface area contributed by atoms with E-state index >= 15 is 0 Å². The monoisotopic (exact) mass is 635 g/mol. The summed E-state index contributed by atoms with van der Waals surface area (Å²) in [5, 5.41) is 8.93. The van der Waals surface area contributed by atoms with E-state index in [9.17, 15) is 14.4 Å². The highest BCUT2D eigenvalue weighted by Gasteiger charge is 2.59. The molecule has 3 aromatic rings. The lowest BCUT2D eigenvalue weighted by atomic mass is 9.96. The Balaban J connectivity index is 1.44. The van der Waals surface area contributed by atoms with Gasteiger partial charge in [0, 0.05) is 64.1 Å². The second kappa shape index (κ2) is 11.6. The number of carbonyl (C=O) groups is 3. The van der Waals surface area contributed by atoms with Gasteiger partial charge in [-0.05, 0) is 55.5 Å². The summed E-state index contributed by atoms with van der Waals surface area (Å²) in [6.45, 7) is 3.01. The summed E-state index contributed by atoms with van der Waals surface area (Å²) in [5.74, 6) is -0.675. The van der Waals surface area contributed by atoms with E-state index in [1.54, 1.807) is 22.0 Å². The van der Waals surface area contributed by atoms with Crippen LogP contribution in [-0.2, 0) is 22.6 Å². The number of ether oxygens (including phenoxy) is 1. The second-order valence-electron chi connectivity index (χ2n) is 11.4. The molecule has 42 heavy (non-hydrogen) atoms. The Hall–Kier alpha value is -3.64. The number of methoxy groups -OCH3 is 1. The van der Waals surface area contributed by atoms with Gasteiger partial charge >= 0.3 is 6.01 Å². The quantitative estimate of drug-likeness (QED) is 0.328. The number of hydrogen-bond acceptors (Lipinski definition) is 8. The Labute approximate surface area is 252 Å². The summed E-state index contributed by atoms with van der Waals surface area (Å²) in [4.78, 5) is 49.8. The molecule has 0 radical (unpaired) electrons. The largest absolute Gasteiger partial charge is 0.467 e. The van der Waals surface area contributed by atoms with Crippen LogP contribution in [0.1, 0.15) is 61.5 Å². The molecule has 11 nitrogen and oxygen atoms in total. The van der Waals surface area contributed by atoms with Crippen LogP contribution in [0.2, 0.25) is 0 Å². The molecule has 4 heterocycles. The van der Waals surface area contributed by atoms with Gasteiger partial charge in [-0.1, -0.05) is 25.3 Å². The molecule has 12 heteroatoms. The number of carbonyl (C=O) groups excluding carboxylic acids is 3. The number of benzene rings is 1. The first-order valence-corrected chi connectivity index (χ1v) is 15.2. The smallest absolute Gasteiger partial charge is 0.316 e. The molecular formula is C30H34BrN7O4. The van der Waals surface area contributed by atoms with Crippen molar-refractivity contribution in [3.05, 3.63) is 47.6 Å². The summed E-state index contributed by atoms with van der Waals surface area (Å²) in [6.07, 6.45) is 12.2. The lowest BCUT2D eigenvalue weighted by molar-refractivity contribution is -0.136. The van der Waals surface area contributed by atoms with Crippen LogP contribution >= 0.6 is 16.1 Å². The number of nitrogens with one attached hydrogen (secondary N) is 2. The standard InChI is InChI=1S/C30H34BrN7O4/c1-18(39)26-22-11-20(21-14-33-29(42-2)34-15-21)10-19-8-6-4-3-5-7-9-32-17-30-12-23(28(41)35-31)38(24(30)13-30)25(40)16-37(36-26)27(19)22/h10-11,13-15,23,32H,3-9,12,16-17H2,1-2H3,(H,35,41)/t23-,30-/m0/s1. The Morgan fingerprint density at radius 3 is 2.62 bits per heavy atom. The number of rotatable bonds is 4. The van der Waals surface area contributed by atoms with Gasteiger partial charge in [-0.25, -0.2) is 9.97 Å². The maximum Gasteiger partial charge on any atom is 0.316 e. The van der Waals surface area contributed by atoms with Gasteiger partial charge in [0.15, 0.2) is 5.78 Å². The molecule has 2 atom stereocenters. The van der Waals surface area contributed by atoms with Gasteiger partial charge in [0.2, 0.25) is 5.91 Å². The lowest BCUT2D eigenvalue weighted by Gasteiger charge is -2.23. The minimum absolute atomic E-state index is 0.0886. The average molecular weight is 637 g/mol. The van der Waals surface area contributed by atoms with Crippen molar-refractivity contribution in [1.29, 1.82) is 0 Å². The molecule has 1 aromatic carbocycles. The van der Waals surface area contributed by atoms with Crippen LogP contribution in [0, 0.1) is 5.41 Å². The van der Waals surface area contributed by atoms with Crippen molar-refractivity contribution in [2.75, 3.05) is 20.2 Å². The van der Waals surface area contributed by atoms with Crippen molar-refractivity contribution in [2.24, 2.45) is 5.41 Å². The van der Waals surface area contributed by atoms with Crippen LogP contribution in [0.3, 0.4) is 0 Å². The van der Waals surface area contributed by atoms with Crippen LogP contribution in [0.25, 0.3) is 22.0 Å². The third-order valence-electron chi connectivity index (χ3n) is 8.56. The van der Waals surface area contributed by atoms with E-state index in [-0.39, 0.29) is 35.6 Å². The van der Waals surface area contributed by atoms with Crippen molar-refractivity contribution < 1.29 is 19.1 Å². The second-order valence-corrected chi connectivity index (χ2v) is 11.8.